The number of hydrogen-bond acceptors (Lipinski definition) is 3. The fourth-order valence-electron chi connectivity index (χ4n) is 2.71. The van der Waals surface area contributed by atoms with Crippen LogP contribution in [0.3, 0.4) is 0 Å². The van der Waals surface area contributed by atoms with Crippen molar-refractivity contribution in [1.29, 1.82) is 0 Å². The van der Waals surface area contributed by atoms with Gasteiger partial charge in [-0.15, -0.1) is 0 Å². The van der Waals surface area contributed by atoms with E-state index in [1.807, 2.05) is 13.8 Å². The van der Waals surface area contributed by atoms with Crippen LogP contribution >= 0.6 is 0 Å². The average molecular weight is 263 g/mol. The van der Waals surface area contributed by atoms with Gasteiger partial charge in [-0.1, -0.05) is 27.7 Å². The van der Waals surface area contributed by atoms with Crippen molar-refractivity contribution >= 4 is 5.82 Å². The zero-order valence-electron chi connectivity index (χ0n) is 12.4. The second-order valence-corrected chi connectivity index (χ2v) is 6.28. The molecule has 0 radical (unpaired) electrons. The number of hydrogen-bond donors (Lipinski definition) is 2. The Morgan fingerprint density at radius 1 is 1.32 bits per heavy atom. The Hall–Kier alpha value is -1.32. The summed E-state index contributed by atoms with van der Waals surface area (Å²) in [6, 6.07) is 2.01. The lowest BCUT2D eigenvalue weighted by Gasteiger charge is -2.32. The van der Waals surface area contributed by atoms with Crippen molar-refractivity contribution in [2.45, 2.75) is 58.9 Å². The minimum Gasteiger partial charge on any atom is -0.367 e. The quantitative estimate of drug-likeness (QED) is 0.881. The summed E-state index contributed by atoms with van der Waals surface area (Å²) in [6.45, 7) is 8.70. The number of nitrogens with zero attached hydrogens (tertiary/aromatic N) is 1. The van der Waals surface area contributed by atoms with Crippen LogP contribution in [0.4, 0.5) is 5.82 Å². The fourth-order valence-corrected chi connectivity index (χ4v) is 2.71. The summed E-state index contributed by atoms with van der Waals surface area (Å²) in [5.74, 6) is 3.25. The van der Waals surface area contributed by atoms with Crippen LogP contribution in [0.1, 0.15) is 58.7 Å². The van der Waals surface area contributed by atoms with Crippen molar-refractivity contribution in [1.82, 2.24) is 9.97 Å². The maximum atomic E-state index is 11.6. The van der Waals surface area contributed by atoms with Crippen LogP contribution < -0.4 is 10.9 Å². The summed E-state index contributed by atoms with van der Waals surface area (Å²) >= 11 is 0. The van der Waals surface area contributed by atoms with Gasteiger partial charge >= 0.3 is 0 Å². The first-order valence-corrected chi connectivity index (χ1v) is 7.33. The van der Waals surface area contributed by atoms with E-state index in [4.69, 9.17) is 0 Å². The highest BCUT2D eigenvalue weighted by Gasteiger charge is 2.24. The summed E-state index contributed by atoms with van der Waals surface area (Å²) in [6.07, 6.45) is 3.57. The summed E-state index contributed by atoms with van der Waals surface area (Å²) < 4.78 is 0. The molecule has 4 nitrogen and oxygen atoms in total. The van der Waals surface area contributed by atoms with E-state index in [1.54, 1.807) is 6.07 Å². The molecule has 3 unspecified atom stereocenters. The van der Waals surface area contributed by atoms with Gasteiger partial charge in [0.05, 0.1) is 0 Å². The molecule has 1 aromatic rings. The van der Waals surface area contributed by atoms with Gasteiger partial charge in [0, 0.05) is 18.0 Å². The summed E-state index contributed by atoms with van der Waals surface area (Å²) in [5, 5.41) is 3.44. The number of aromatic amines is 1. The Morgan fingerprint density at radius 3 is 2.68 bits per heavy atom. The molecule has 0 aromatic carbocycles. The molecule has 2 rings (SSSR count). The predicted molar refractivity (Wildman–Crippen MR) is 78.5 cm³/mol. The lowest BCUT2D eigenvalue weighted by Crippen LogP contribution is -2.31. The molecule has 19 heavy (non-hydrogen) atoms. The molecular formula is C15H25N3O. The van der Waals surface area contributed by atoms with E-state index in [-0.39, 0.29) is 11.5 Å². The molecule has 4 heteroatoms. The van der Waals surface area contributed by atoms with Gasteiger partial charge < -0.3 is 10.3 Å². The molecule has 1 aliphatic carbocycles. The van der Waals surface area contributed by atoms with Gasteiger partial charge in [0.2, 0.25) is 0 Å². The number of anilines is 1. The molecule has 0 amide bonds. The van der Waals surface area contributed by atoms with Crippen LogP contribution in [0, 0.1) is 11.8 Å². The third kappa shape index (κ3) is 3.58. The molecule has 1 heterocycles. The van der Waals surface area contributed by atoms with Gasteiger partial charge in [0.1, 0.15) is 11.6 Å². The highest BCUT2D eigenvalue weighted by Crippen LogP contribution is 2.30. The maximum absolute atomic E-state index is 11.6. The second kappa shape index (κ2) is 5.76. The normalized spacial score (nSPS) is 27.5. The van der Waals surface area contributed by atoms with Crippen molar-refractivity contribution in [2.24, 2.45) is 11.8 Å². The molecule has 0 spiro atoms. The van der Waals surface area contributed by atoms with E-state index in [9.17, 15) is 4.79 Å². The largest absolute Gasteiger partial charge is 0.367 e. The van der Waals surface area contributed by atoms with Gasteiger partial charge in [-0.25, -0.2) is 4.98 Å². The van der Waals surface area contributed by atoms with Crippen LogP contribution in [0.25, 0.3) is 0 Å². The average Bonchev–Trinajstić information content (AvgIpc) is 2.33. The van der Waals surface area contributed by atoms with E-state index in [0.29, 0.717) is 6.04 Å². The highest BCUT2D eigenvalue weighted by atomic mass is 16.1. The molecule has 0 saturated heterocycles. The van der Waals surface area contributed by atoms with E-state index in [1.165, 1.54) is 6.42 Å². The smallest absolute Gasteiger partial charge is 0.252 e. The Bertz CT molecular complexity index is 481. The van der Waals surface area contributed by atoms with Gasteiger partial charge in [0.15, 0.2) is 0 Å². The number of aromatic nitrogens is 2. The Morgan fingerprint density at radius 2 is 2.05 bits per heavy atom. The van der Waals surface area contributed by atoms with Gasteiger partial charge in [-0.05, 0) is 31.1 Å². The molecule has 2 N–H and O–H groups in total. The third-order valence-corrected chi connectivity index (χ3v) is 4.26. The molecule has 1 aliphatic rings. The topological polar surface area (TPSA) is 57.8 Å². The zero-order chi connectivity index (χ0) is 14.0. The molecule has 106 valence electrons. The first kappa shape index (κ1) is 14.1. The molecule has 0 bridgehead atoms. The standard InChI is InChI=1S/C15H25N3O/c1-9(2)15-17-13(8-14(19)18-15)16-12-6-5-10(3)11(4)7-12/h8-12H,5-7H2,1-4H3,(H2,16,17,18,19). The first-order valence-electron chi connectivity index (χ1n) is 7.33. The summed E-state index contributed by atoms with van der Waals surface area (Å²) in [7, 11) is 0. The Kier molecular flexibility index (Phi) is 4.27. The van der Waals surface area contributed by atoms with Gasteiger partial charge in [0.25, 0.3) is 5.56 Å². The minimum atomic E-state index is -0.0709. The van der Waals surface area contributed by atoms with E-state index in [2.05, 4.69) is 29.1 Å². The lowest BCUT2D eigenvalue weighted by atomic mass is 9.79. The van der Waals surface area contributed by atoms with Crippen molar-refractivity contribution in [2.75, 3.05) is 5.32 Å². The van der Waals surface area contributed by atoms with Crippen LogP contribution in [0.5, 0.6) is 0 Å². The molecule has 1 fully saturated rings. The summed E-state index contributed by atoms with van der Waals surface area (Å²) in [5.41, 5.74) is -0.0709. The molecule has 1 saturated carbocycles. The highest BCUT2D eigenvalue weighted by molar-refractivity contribution is 5.34. The third-order valence-electron chi connectivity index (χ3n) is 4.26. The van der Waals surface area contributed by atoms with Crippen LogP contribution in [-0.2, 0) is 0 Å². The van der Waals surface area contributed by atoms with Crippen molar-refractivity contribution < 1.29 is 0 Å². The van der Waals surface area contributed by atoms with E-state index < -0.39 is 0 Å². The predicted octanol–water partition coefficient (Wildman–Crippen LogP) is 3.13. The van der Waals surface area contributed by atoms with Crippen molar-refractivity contribution in [3.63, 3.8) is 0 Å². The second-order valence-electron chi connectivity index (χ2n) is 6.28. The Labute approximate surface area is 115 Å². The van der Waals surface area contributed by atoms with Gasteiger partial charge in [-0.2, -0.15) is 0 Å². The SMILES string of the molecule is CC(C)c1nc(NC2CCC(C)C(C)C2)cc(=O)[nH]1. The van der Waals surface area contributed by atoms with Crippen molar-refractivity contribution in [3.05, 3.63) is 22.2 Å². The Balaban J connectivity index is 2.09. The fraction of sp³-hybridized carbons (Fsp3) is 0.733. The van der Waals surface area contributed by atoms with Crippen LogP contribution in [0.15, 0.2) is 10.9 Å². The number of H-pyrrole nitrogens is 1. The first-order chi connectivity index (χ1) is 8.95. The molecule has 3 atom stereocenters. The number of rotatable bonds is 3. The van der Waals surface area contributed by atoms with Gasteiger partial charge in [-0.3, -0.25) is 4.79 Å². The van der Waals surface area contributed by atoms with Crippen LogP contribution in [-0.4, -0.2) is 16.0 Å². The van der Waals surface area contributed by atoms with E-state index in [0.717, 1.165) is 36.3 Å². The molecular weight excluding hydrogens is 238 g/mol. The van der Waals surface area contributed by atoms with Crippen molar-refractivity contribution in [3.8, 4) is 0 Å². The monoisotopic (exact) mass is 263 g/mol. The molecule has 1 aromatic heterocycles. The maximum Gasteiger partial charge on any atom is 0.252 e. The van der Waals surface area contributed by atoms with E-state index >= 15 is 0 Å². The zero-order valence-corrected chi connectivity index (χ0v) is 12.4. The molecule has 0 aliphatic heterocycles. The number of nitrogens with one attached hydrogen (secondary N) is 2. The minimum absolute atomic E-state index is 0.0709. The lowest BCUT2D eigenvalue weighted by molar-refractivity contribution is 0.260. The summed E-state index contributed by atoms with van der Waals surface area (Å²) in [4.78, 5) is 18.9. The van der Waals surface area contributed by atoms with Crippen LogP contribution in [0.2, 0.25) is 0 Å².